The van der Waals surface area contributed by atoms with E-state index < -0.39 is 11.7 Å². The standard InChI is InChI=1S/C20H21FN4O2/c1-11(2)27-18-6-5-14(9-22-18)10-23-20(26)16-7-15(21)8-17-19(16)25-13(4)12(3)24-17/h5-9,11H,10H2,1-4H3,(H,23,26). The number of carbonyl (C=O) groups excluding carboxylic acids is 1. The van der Waals surface area contributed by atoms with Crippen molar-refractivity contribution >= 4 is 16.9 Å². The molecule has 1 N–H and O–H groups in total. The predicted molar refractivity (Wildman–Crippen MR) is 100 cm³/mol. The Bertz CT molecular complexity index is 987. The van der Waals surface area contributed by atoms with Crippen LogP contribution in [0.3, 0.4) is 0 Å². The first-order valence-corrected chi connectivity index (χ1v) is 8.68. The Morgan fingerprint density at radius 3 is 2.59 bits per heavy atom. The number of carbonyl (C=O) groups is 1. The van der Waals surface area contributed by atoms with Crippen LogP contribution in [0.15, 0.2) is 30.5 Å². The van der Waals surface area contributed by atoms with Gasteiger partial charge >= 0.3 is 0 Å². The molecule has 1 aromatic carbocycles. The summed E-state index contributed by atoms with van der Waals surface area (Å²) in [6.45, 7) is 7.70. The number of amides is 1. The van der Waals surface area contributed by atoms with E-state index in [-0.39, 0.29) is 18.2 Å². The second-order valence-corrected chi connectivity index (χ2v) is 6.57. The smallest absolute Gasteiger partial charge is 0.253 e. The van der Waals surface area contributed by atoms with Gasteiger partial charge in [0.1, 0.15) is 11.3 Å². The van der Waals surface area contributed by atoms with Crippen molar-refractivity contribution in [2.45, 2.75) is 40.3 Å². The number of nitrogens with zero attached hydrogens (tertiary/aromatic N) is 3. The van der Waals surface area contributed by atoms with Gasteiger partial charge in [0, 0.05) is 24.9 Å². The van der Waals surface area contributed by atoms with Gasteiger partial charge in [-0.25, -0.2) is 19.3 Å². The summed E-state index contributed by atoms with van der Waals surface area (Å²) in [6, 6.07) is 6.03. The molecule has 0 unspecified atom stereocenters. The molecule has 0 aliphatic heterocycles. The molecule has 0 radical (unpaired) electrons. The molecule has 0 spiro atoms. The zero-order chi connectivity index (χ0) is 19.6. The Balaban J connectivity index is 1.79. The zero-order valence-electron chi connectivity index (χ0n) is 15.7. The Labute approximate surface area is 156 Å². The lowest BCUT2D eigenvalue weighted by Crippen LogP contribution is -2.23. The molecule has 2 aromatic heterocycles. The third kappa shape index (κ3) is 4.36. The molecule has 1 amide bonds. The molecule has 27 heavy (non-hydrogen) atoms. The monoisotopic (exact) mass is 368 g/mol. The van der Waals surface area contributed by atoms with Crippen LogP contribution in [0.1, 0.15) is 41.2 Å². The molecule has 140 valence electrons. The number of aryl methyl sites for hydroxylation is 2. The number of rotatable bonds is 5. The maximum absolute atomic E-state index is 13.9. The highest BCUT2D eigenvalue weighted by atomic mass is 19.1. The molecule has 0 saturated heterocycles. The number of ether oxygens (including phenoxy) is 1. The van der Waals surface area contributed by atoms with Gasteiger partial charge in [-0.15, -0.1) is 0 Å². The van der Waals surface area contributed by atoms with Gasteiger partial charge in [-0.05, 0) is 39.3 Å². The largest absolute Gasteiger partial charge is 0.475 e. The molecular formula is C20H21FN4O2. The van der Waals surface area contributed by atoms with Gasteiger partial charge in [0.15, 0.2) is 0 Å². The van der Waals surface area contributed by atoms with E-state index in [2.05, 4.69) is 20.3 Å². The van der Waals surface area contributed by atoms with E-state index in [1.165, 1.54) is 12.1 Å². The minimum atomic E-state index is -0.526. The number of hydrogen-bond acceptors (Lipinski definition) is 5. The van der Waals surface area contributed by atoms with Gasteiger partial charge in [-0.2, -0.15) is 0 Å². The van der Waals surface area contributed by atoms with Crippen molar-refractivity contribution < 1.29 is 13.9 Å². The van der Waals surface area contributed by atoms with E-state index in [0.717, 1.165) is 5.56 Å². The average Bonchev–Trinajstić information content (AvgIpc) is 2.61. The van der Waals surface area contributed by atoms with E-state index in [1.807, 2.05) is 19.9 Å². The van der Waals surface area contributed by atoms with Gasteiger partial charge in [0.2, 0.25) is 5.88 Å². The summed E-state index contributed by atoms with van der Waals surface area (Å²) in [5.74, 6) is -0.418. The van der Waals surface area contributed by atoms with Crippen molar-refractivity contribution in [3.8, 4) is 5.88 Å². The van der Waals surface area contributed by atoms with E-state index in [4.69, 9.17) is 4.74 Å². The lowest BCUT2D eigenvalue weighted by Gasteiger charge is -2.11. The van der Waals surface area contributed by atoms with E-state index in [0.29, 0.717) is 28.3 Å². The highest BCUT2D eigenvalue weighted by molar-refractivity contribution is 6.04. The summed E-state index contributed by atoms with van der Waals surface area (Å²) in [5, 5.41) is 2.77. The lowest BCUT2D eigenvalue weighted by molar-refractivity contribution is 0.0952. The van der Waals surface area contributed by atoms with Crippen molar-refractivity contribution in [3.63, 3.8) is 0 Å². The van der Waals surface area contributed by atoms with Gasteiger partial charge in [-0.3, -0.25) is 4.79 Å². The van der Waals surface area contributed by atoms with Crippen LogP contribution in [-0.4, -0.2) is 27.0 Å². The number of aromatic nitrogens is 3. The van der Waals surface area contributed by atoms with Crippen LogP contribution in [0.4, 0.5) is 4.39 Å². The molecule has 0 bridgehead atoms. The SMILES string of the molecule is Cc1nc2cc(F)cc(C(=O)NCc3ccc(OC(C)C)nc3)c2nc1C. The number of pyridine rings is 1. The molecule has 0 aliphatic carbocycles. The molecule has 3 rings (SSSR count). The number of hydrogen-bond donors (Lipinski definition) is 1. The minimum absolute atomic E-state index is 0.0394. The summed E-state index contributed by atoms with van der Waals surface area (Å²) in [7, 11) is 0. The number of fused-ring (bicyclic) bond motifs is 1. The molecule has 3 aromatic rings. The molecule has 2 heterocycles. The highest BCUT2D eigenvalue weighted by Gasteiger charge is 2.15. The third-order valence-corrected chi connectivity index (χ3v) is 4.00. The Morgan fingerprint density at radius 2 is 1.93 bits per heavy atom. The molecule has 0 saturated carbocycles. The Kier molecular flexibility index (Phi) is 5.30. The van der Waals surface area contributed by atoms with Crippen molar-refractivity contribution in [2.75, 3.05) is 0 Å². The van der Waals surface area contributed by atoms with Gasteiger partial charge < -0.3 is 10.1 Å². The first-order chi connectivity index (χ1) is 12.8. The number of nitrogens with one attached hydrogen (secondary N) is 1. The van der Waals surface area contributed by atoms with Gasteiger partial charge in [-0.1, -0.05) is 6.07 Å². The maximum atomic E-state index is 13.9. The van der Waals surface area contributed by atoms with Crippen molar-refractivity contribution in [1.29, 1.82) is 0 Å². The van der Waals surface area contributed by atoms with Crippen LogP contribution in [-0.2, 0) is 6.54 Å². The minimum Gasteiger partial charge on any atom is -0.475 e. The summed E-state index contributed by atoms with van der Waals surface area (Å²) in [5.41, 5.74) is 3.12. The Morgan fingerprint density at radius 1 is 1.19 bits per heavy atom. The second kappa shape index (κ2) is 7.65. The predicted octanol–water partition coefficient (Wildman–Crippen LogP) is 3.50. The summed E-state index contributed by atoms with van der Waals surface area (Å²) >= 11 is 0. The van der Waals surface area contributed by atoms with E-state index in [9.17, 15) is 9.18 Å². The van der Waals surface area contributed by atoms with Crippen molar-refractivity contribution in [1.82, 2.24) is 20.3 Å². The van der Waals surface area contributed by atoms with E-state index in [1.54, 1.807) is 26.1 Å². The van der Waals surface area contributed by atoms with Crippen LogP contribution in [0.5, 0.6) is 5.88 Å². The molecule has 7 heteroatoms. The van der Waals surface area contributed by atoms with Crippen LogP contribution < -0.4 is 10.1 Å². The maximum Gasteiger partial charge on any atom is 0.253 e. The summed E-state index contributed by atoms with van der Waals surface area (Å²) in [4.78, 5) is 25.5. The van der Waals surface area contributed by atoms with Crippen LogP contribution in [0.2, 0.25) is 0 Å². The van der Waals surface area contributed by atoms with Gasteiger partial charge in [0.05, 0.1) is 28.6 Å². The molecule has 6 nitrogen and oxygen atoms in total. The Hall–Kier alpha value is -3.09. The normalized spacial score (nSPS) is 11.0. The number of benzene rings is 1. The van der Waals surface area contributed by atoms with Gasteiger partial charge in [0.25, 0.3) is 5.91 Å². The van der Waals surface area contributed by atoms with Crippen LogP contribution in [0, 0.1) is 19.7 Å². The fourth-order valence-corrected chi connectivity index (χ4v) is 2.58. The van der Waals surface area contributed by atoms with Crippen molar-refractivity contribution in [2.24, 2.45) is 0 Å². The molecule has 0 fully saturated rings. The van der Waals surface area contributed by atoms with E-state index >= 15 is 0 Å². The van der Waals surface area contributed by atoms with Crippen LogP contribution in [0.25, 0.3) is 11.0 Å². The first-order valence-electron chi connectivity index (χ1n) is 8.68. The van der Waals surface area contributed by atoms with Crippen molar-refractivity contribution in [3.05, 3.63) is 58.8 Å². The number of halogens is 1. The molecule has 0 atom stereocenters. The molecular weight excluding hydrogens is 347 g/mol. The highest BCUT2D eigenvalue weighted by Crippen LogP contribution is 2.19. The second-order valence-electron chi connectivity index (χ2n) is 6.57. The lowest BCUT2D eigenvalue weighted by atomic mass is 10.1. The van der Waals surface area contributed by atoms with Crippen LogP contribution >= 0.6 is 0 Å². The average molecular weight is 368 g/mol. The molecule has 0 aliphatic rings. The summed E-state index contributed by atoms with van der Waals surface area (Å²) in [6.07, 6.45) is 1.67. The fourth-order valence-electron chi connectivity index (χ4n) is 2.58. The quantitative estimate of drug-likeness (QED) is 0.746. The fraction of sp³-hybridized carbons (Fsp3) is 0.300. The third-order valence-electron chi connectivity index (χ3n) is 4.00. The topological polar surface area (TPSA) is 77.0 Å². The first kappa shape index (κ1) is 18.7. The summed E-state index contributed by atoms with van der Waals surface area (Å²) < 4.78 is 19.4. The zero-order valence-corrected chi connectivity index (χ0v) is 15.7.